The van der Waals surface area contributed by atoms with Crippen LogP contribution in [-0.4, -0.2) is 11.9 Å². The maximum Gasteiger partial charge on any atom is 0.224 e. The van der Waals surface area contributed by atoms with Crippen molar-refractivity contribution in [2.24, 2.45) is 5.92 Å². The molecular formula is C17H26N2O. The number of hydrogen-bond acceptors (Lipinski definition) is 2. The monoisotopic (exact) mass is 274 g/mol. The van der Waals surface area contributed by atoms with Crippen molar-refractivity contribution in [1.29, 1.82) is 0 Å². The Morgan fingerprint density at radius 3 is 2.65 bits per heavy atom. The molecule has 0 spiro atoms. The summed E-state index contributed by atoms with van der Waals surface area (Å²) in [4.78, 5) is 12.1. The van der Waals surface area contributed by atoms with Crippen molar-refractivity contribution < 1.29 is 4.79 Å². The molecule has 2 rings (SSSR count). The van der Waals surface area contributed by atoms with E-state index in [2.05, 4.69) is 12.2 Å². The average molecular weight is 274 g/mol. The Morgan fingerprint density at radius 2 is 2.00 bits per heavy atom. The number of benzene rings is 1. The number of nitrogen functional groups attached to an aromatic ring is 1. The Kier molecular flexibility index (Phi) is 5.45. The quantitative estimate of drug-likeness (QED) is 0.654. The Hall–Kier alpha value is -1.51. The normalized spacial score (nSPS) is 18.2. The molecule has 1 amide bonds. The fraction of sp³-hybridized carbons (Fsp3) is 0.588. The largest absolute Gasteiger partial charge is 0.399 e. The van der Waals surface area contributed by atoms with E-state index >= 15 is 0 Å². The molecule has 0 unspecified atom stereocenters. The van der Waals surface area contributed by atoms with Gasteiger partial charge in [-0.3, -0.25) is 4.79 Å². The topological polar surface area (TPSA) is 55.1 Å². The van der Waals surface area contributed by atoms with E-state index in [-0.39, 0.29) is 11.9 Å². The molecule has 1 aliphatic carbocycles. The molecule has 1 fully saturated rings. The number of carbonyl (C=O) groups excluding carboxylic acids is 1. The van der Waals surface area contributed by atoms with Gasteiger partial charge in [0.25, 0.3) is 0 Å². The van der Waals surface area contributed by atoms with E-state index in [0.717, 1.165) is 5.56 Å². The lowest BCUT2D eigenvalue weighted by molar-refractivity contribution is -0.121. The summed E-state index contributed by atoms with van der Waals surface area (Å²) in [6, 6.07) is 7.84. The van der Waals surface area contributed by atoms with E-state index in [1.54, 1.807) is 0 Å². The minimum absolute atomic E-state index is 0.104. The summed E-state index contributed by atoms with van der Waals surface area (Å²) in [7, 11) is 0. The molecule has 20 heavy (non-hydrogen) atoms. The second-order valence-electron chi connectivity index (χ2n) is 6.03. The van der Waals surface area contributed by atoms with Crippen LogP contribution in [0.25, 0.3) is 0 Å². The Balaban J connectivity index is 1.84. The minimum Gasteiger partial charge on any atom is -0.399 e. The third kappa shape index (κ3) is 4.55. The second-order valence-corrected chi connectivity index (χ2v) is 6.03. The molecule has 0 heterocycles. The number of hydrogen-bond donors (Lipinski definition) is 2. The van der Waals surface area contributed by atoms with Gasteiger partial charge in [-0.2, -0.15) is 0 Å². The first-order chi connectivity index (χ1) is 9.65. The zero-order valence-corrected chi connectivity index (χ0v) is 12.4. The van der Waals surface area contributed by atoms with Crippen molar-refractivity contribution in [3.63, 3.8) is 0 Å². The molecule has 1 aromatic carbocycles. The van der Waals surface area contributed by atoms with Crippen LogP contribution in [-0.2, 0) is 11.2 Å². The van der Waals surface area contributed by atoms with Gasteiger partial charge in [-0.1, -0.05) is 37.8 Å². The predicted octanol–water partition coefficient (Wildman–Crippen LogP) is 3.29. The summed E-state index contributed by atoms with van der Waals surface area (Å²) in [6.07, 6.45) is 8.22. The van der Waals surface area contributed by atoms with Gasteiger partial charge in [0.05, 0.1) is 6.42 Å². The van der Waals surface area contributed by atoms with Gasteiger partial charge in [-0.25, -0.2) is 0 Å². The summed E-state index contributed by atoms with van der Waals surface area (Å²) in [5.74, 6) is 0.745. The highest BCUT2D eigenvalue weighted by Gasteiger charge is 2.20. The van der Waals surface area contributed by atoms with Crippen LogP contribution in [0.3, 0.4) is 0 Å². The molecule has 0 radical (unpaired) electrons. The van der Waals surface area contributed by atoms with Gasteiger partial charge in [0.1, 0.15) is 0 Å². The molecule has 0 aliphatic heterocycles. The zero-order valence-electron chi connectivity index (χ0n) is 12.4. The van der Waals surface area contributed by atoms with Crippen LogP contribution in [0.15, 0.2) is 24.3 Å². The summed E-state index contributed by atoms with van der Waals surface area (Å²) < 4.78 is 0. The molecule has 1 atom stereocenters. The van der Waals surface area contributed by atoms with Gasteiger partial charge in [-0.05, 0) is 43.4 Å². The SMILES string of the molecule is C[C@@H](NC(=O)Cc1cccc(N)c1)C1CCCCCC1. The number of amides is 1. The number of nitrogens with two attached hydrogens (primary N) is 1. The van der Waals surface area contributed by atoms with E-state index in [0.29, 0.717) is 18.0 Å². The Labute approximate surface area is 121 Å². The van der Waals surface area contributed by atoms with Crippen LogP contribution < -0.4 is 11.1 Å². The van der Waals surface area contributed by atoms with Gasteiger partial charge in [0.15, 0.2) is 0 Å². The van der Waals surface area contributed by atoms with Crippen LogP contribution in [0, 0.1) is 5.92 Å². The van der Waals surface area contributed by atoms with E-state index in [9.17, 15) is 4.79 Å². The lowest BCUT2D eigenvalue weighted by Gasteiger charge is -2.23. The van der Waals surface area contributed by atoms with Gasteiger partial charge < -0.3 is 11.1 Å². The number of rotatable bonds is 4. The van der Waals surface area contributed by atoms with Crippen LogP contribution in [0.5, 0.6) is 0 Å². The highest BCUT2D eigenvalue weighted by molar-refractivity contribution is 5.79. The number of anilines is 1. The summed E-state index contributed by atoms with van der Waals surface area (Å²) in [6.45, 7) is 2.15. The van der Waals surface area contributed by atoms with Crippen molar-refractivity contribution in [3.8, 4) is 0 Å². The van der Waals surface area contributed by atoms with E-state index in [1.807, 2.05) is 24.3 Å². The zero-order chi connectivity index (χ0) is 14.4. The van der Waals surface area contributed by atoms with E-state index in [4.69, 9.17) is 5.73 Å². The summed E-state index contributed by atoms with van der Waals surface area (Å²) in [5, 5.41) is 3.17. The summed E-state index contributed by atoms with van der Waals surface area (Å²) in [5.41, 5.74) is 7.44. The van der Waals surface area contributed by atoms with Crippen LogP contribution >= 0.6 is 0 Å². The molecule has 0 bridgehead atoms. The van der Waals surface area contributed by atoms with Crippen molar-refractivity contribution >= 4 is 11.6 Å². The van der Waals surface area contributed by atoms with Crippen LogP contribution in [0.1, 0.15) is 51.0 Å². The van der Waals surface area contributed by atoms with Crippen LogP contribution in [0.2, 0.25) is 0 Å². The standard InChI is InChI=1S/C17H26N2O/c1-13(15-8-4-2-3-5-9-15)19-17(20)12-14-7-6-10-16(18)11-14/h6-7,10-11,13,15H,2-5,8-9,12,18H2,1H3,(H,19,20)/t13-/m1/s1. The molecule has 3 heteroatoms. The van der Waals surface area contributed by atoms with Crippen molar-refractivity contribution in [2.75, 3.05) is 5.73 Å². The van der Waals surface area contributed by atoms with E-state index < -0.39 is 0 Å². The minimum atomic E-state index is 0.104. The first-order valence-electron chi connectivity index (χ1n) is 7.79. The molecule has 1 saturated carbocycles. The lowest BCUT2D eigenvalue weighted by atomic mass is 9.93. The Morgan fingerprint density at radius 1 is 1.30 bits per heavy atom. The van der Waals surface area contributed by atoms with E-state index in [1.165, 1.54) is 38.5 Å². The maximum absolute atomic E-state index is 12.1. The molecule has 3 N–H and O–H groups in total. The average Bonchev–Trinajstić information content (AvgIpc) is 2.67. The highest BCUT2D eigenvalue weighted by Crippen LogP contribution is 2.25. The predicted molar refractivity (Wildman–Crippen MR) is 83.4 cm³/mol. The van der Waals surface area contributed by atoms with Gasteiger partial charge in [0, 0.05) is 11.7 Å². The molecule has 0 aromatic heterocycles. The third-order valence-corrected chi connectivity index (χ3v) is 4.31. The molecule has 1 aromatic rings. The first kappa shape index (κ1) is 14.9. The molecule has 0 saturated heterocycles. The fourth-order valence-electron chi connectivity index (χ4n) is 3.12. The molecule has 3 nitrogen and oxygen atoms in total. The van der Waals surface area contributed by atoms with Crippen molar-refractivity contribution in [1.82, 2.24) is 5.32 Å². The smallest absolute Gasteiger partial charge is 0.224 e. The maximum atomic E-state index is 12.1. The van der Waals surface area contributed by atoms with Crippen molar-refractivity contribution in [2.45, 2.75) is 57.9 Å². The number of carbonyl (C=O) groups is 1. The molecule has 110 valence electrons. The fourth-order valence-corrected chi connectivity index (χ4v) is 3.12. The number of nitrogens with one attached hydrogen (secondary N) is 1. The lowest BCUT2D eigenvalue weighted by Crippen LogP contribution is -2.38. The molecule has 1 aliphatic rings. The first-order valence-corrected chi connectivity index (χ1v) is 7.79. The second kappa shape index (κ2) is 7.32. The third-order valence-electron chi connectivity index (χ3n) is 4.31. The van der Waals surface area contributed by atoms with Gasteiger partial charge in [-0.15, -0.1) is 0 Å². The van der Waals surface area contributed by atoms with Crippen LogP contribution in [0.4, 0.5) is 5.69 Å². The van der Waals surface area contributed by atoms with Gasteiger partial charge >= 0.3 is 0 Å². The molecular weight excluding hydrogens is 248 g/mol. The van der Waals surface area contributed by atoms with Gasteiger partial charge in [0.2, 0.25) is 5.91 Å². The Bertz CT molecular complexity index is 436. The highest BCUT2D eigenvalue weighted by atomic mass is 16.1. The van der Waals surface area contributed by atoms with Crippen molar-refractivity contribution in [3.05, 3.63) is 29.8 Å². The summed E-state index contributed by atoms with van der Waals surface area (Å²) >= 11 is 0.